The van der Waals surface area contributed by atoms with Gasteiger partial charge in [0.25, 0.3) is 5.91 Å². The van der Waals surface area contributed by atoms with Gasteiger partial charge in [-0.15, -0.1) is 0 Å². The Morgan fingerprint density at radius 3 is 2.83 bits per heavy atom. The molecule has 2 aromatic heterocycles. The largest absolute Gasteiger partial charge is 0.480 e. The average molecular weight is 331 g/mol. The van der Waals surface area contributed by atoms with Crippen molar-refractivity contribution in [1.82, 2.24) is 14.9 Å². The summed E-state index contributed by atoms with van der Waals surface area (Å²) >= 11 is 0. The summed E-state index contributed by atoms with van der Waals surface area (Å²) in [7, 11) is 1.53. The Bertz CT molecular complexity index is 728. The zero-order valence-electron chi connectivity index (χ0n) is 14.1. The molecule has 0 aliphatic carbocycles. The molecule has 0 spiro atoms. The number of carbonyl (C=O) groups is 1. The highest BCUT2D eigenvalue weighted by Crippen LogP contribution is 2.21. The number of rotatable bonds is 4. The van der Waals surface area contributed by atoms with Gasteiger partial charge in [0.1, 0.15) is 17.6 Å². The summed E-state index contributed by atoms with van der Waals surface area (Å²) in [5, 5.41) is 0. The maximum absolute atomic E-state index is 12.7. The number of ether oxygens (including phenoxy) is 2. The Morgan fingerprint density at radius 2 is 2.12 bits per heavy atom. The zero-order chi connectivity index (χ0) is 17.1. The van der Waals surface area contributed by atoms with E-state index in [1.165, 1.54) is 13.3 Å². The van der Waals surface area contributed by atoms with Crippen LogP contribution in [-0.4, -0.2) is 47.1 Å². The first kappa shape index (κ1) is 16.3. The second-order valence-corrected chi connectivity index (χ2v) is 5.86. The van der Waals surface area contributed by atoms with Crippen LogP contribution in [0.5, 0.6) is 11.8 Å². The van der Waals surface area contributed by atoms with Gasteiger partial charge in [-0.25, -0.2) is 0 Å². The number of likely N-dealkylation sites (tertiary alicyclic amines) is 1. The van der Waals surface area contributed by atoms with E-state index in [2.05, 4.69) is 9.97 Å². The van der Waals surface area contributed by atoms with Crippen LogP contribution in [0.4, 0.5) is 0 Å². The summed E-state index contributed by atoms with van der Waals surface area (Å²) < 4.78 is 16.4. The number of hydrogen-bond acceptors (Lipinski definition) is 6. The molecule has 1 saturated heterocycles. The molecule has 3 heterocycles. The number of nitrogens with zero attached hydrogens (tertiary/aromatic N) is 3. The highest BCUT2D eigenvalue weighted by atomic mass is 16.5. The number of aryl methyl sites for hydroxylation is 2. The fourth-order valence-electron chi connectivity index (χ4n) is 2.89. The van der Waals surface area contributed by atoms with Gasteiger partial charge in [-0.2, -0.15) is 4.98 Å². The van der Waals surface area contributed by atoms with Crippen molar-refractivity contribution in [2.24, 2.45) is 0 Å². The van der Waals surface area contributed by atoms with Gasteiger partial charge in [0.15, 0.2) is 0 Å². The molecule has 1 amide bonds. The molecule has 0 saturated carbocycles. The van der Waals surface area contributed by atoms with Crippen LogP contribution in [0.2, 0.25) is 0 Å². The molecule has 0 N–H and O–H groups in total. The summed E-state index contributed by atoms with van der Waals surface area (Å²) in [4.78, 5) is 22.7. The molecule has 128 valence electrons. The summed E-state index contributed by atoms with van der Waals surface area (Å²) in [5.41, 5.74) is 0.620. The zero-order valence-corrected chi connectivity index (χ0v) is 14.1. The van der Waals surface area contributed by atoms with Crippen LogP contribution in [-0.2, 0) is 0 Å². The SMILES string of the molecule is COc1cncc(OC2CCCN(C(=O)c3cc(C)oc3C)C2)n1. The smallest absolute Gasteiger partial charge is 0.257 e. The fraction of sp³-hybridized carbons (Fsp3) is 0.471. The summed E-state index contributed by atoms with van der Waals surface area (Å²) in [6, 6.07) is 1.79. The first-order valence-corrected chi connectivity index (χ1v) is 7.96. The molecule has 1 aliphatic heterocycles. The minimum Gasteiger partial charge on any atom is -0.480 e. The fourth-order valence-corrected chi connectivity index (χ4v) is 2.89. The van der Waals surface area contributed by atoms with Gasteiger partial charge in [-0.05, 0) is 32.8 Å². The lowest BCUT2D eigenvalue weighted by atomic mass is 10.1. The van der Waals surface area contributed by atoms with E-state index in [1.807, 2.05) is 13.8 Å². The van der Waals surface area contributed by atoms with Crippen molar-refractivity contribution < 1.29 is 18.7 Å². The molecule has 0 radical (unpaired) electrons. The Kier molecular flexibility index (Phi) is 4.69. The van der Waals surface area contributed by atoms with E-state index in [-0.39, 0.29) is 12.0 Å². The van der Waals surface area contributed by atoms with Gasteiger partial charge in [0, 0.05) is 6.54 Å². The van der Waals surface area contributed by atoms with Crippen LogP contribution in [0.3, 0.4) is 0 Å². The third-order valence-corrected chi connectivity index (χ3v) is 4.02. The first-order chi connectivity index (χ1) is 11.6. The minimum absolute atomic E-state index is 0.0191. The second kappa shape index (κ2) is 6.90. The molecular weight excluding hydrogens is 310 g/mol. The van der Waals surface area contributed by atoms with E-state index in [0.29, 0.717) is 36.2 Å². The van der Waals surface area contributed by atoms with E-state index in [9.17, 15) is 4.79 Å². The number of hydrogen-bond donors (Lipinski definition) is 0. The number of methoxy groups -OCH3 is 1. The summed E-state index contributed by atoms with van der Waals surface area (Å²) in [6.45, 7) is 4.88. The van der Waals surface area contributed by atoms with Crippen molar-refractivity contribution in [3.05, 3.63) is 35.5 Å². The lowest BCUT2D eigenvalue weighted by Crippen LogP contribution is -2.44. The number of carbonyl (C=O) groups excluding carboxylic acids is 1. The predicted octanol–water partition coefficient (Wildman–Crippen LogP) is 2.38. The van der Waals surface area contributed by atoms with Crippen molar-refractivity contribution in [2.75, 3.05) is 20.2 Å². The van der Waals surface area contributed by atoms with Gasteiger partial charge in [0.2, 0.25) is 11.8 Å². The van der Waals surface area contributed by atoms with Crippen molar-refractivity contribution in [3.63, 3.8) is 0 Å². The molecular formula is C17H21N3O4. The topological polar surface area (TPSA) is 77.7 Å². The molecule has 7 heteroatoms. The highest BCUT2D eigenvalue weighted by Gasteiger charge is 2.28. The molecule has 1 atom stereocenters. The number of furan rings is 1. The summed E-state index contributed by atoms with van der Waals surface area (Å²) in [6.07, 6.45) is 4.70. The second-order valence-electron chi connectivity index (χ2n) is 5.86. The molecule has 7 nitrogen and oxygen atoms in total. The van der Waals surface area contributed by atoms with Gasteiger partial charge >= 0.3 is 0 Å². The number of piperidine rings is 1. The molecule has 0 bridgehead atoms. The van der Waals surface area contributed by atoms with Crippen molar-refractivity contribution >= 4 is 5.91 Å². The maximum atomic E-state index is 12.7. The quantitative estimate of drug-likeness (QED) is 0.856. The normalized spacial score (nSPS) is 17.6. The van der Waals surface area contributed by atoms with Gasteiger partial charge in [0.05, 0.1) is 31.6 Å². The Hall–Kier alpha value is -2.57. The van der Waals surface area contributed by atoms with Crippen molar-refractivity contribution in [3.8, 4) is 11.8 Å². The van der Waals surface area contributed by atoms with Crippen LogP contribution in [0.15, 0.2) is 22.9 Å². The average Bonchev–Trinajstić information content (AvgIpc) is 2.93. The Morgan fingerprint density at radius 1 is 1.33 bits per heavy atom. The number of amides is 1. The van der Waals surface area contributed by atoms with E-state index >= 15 is 0 Å². The molecule has 1 unspecified atom stereocenters. The third-order valence-electron chi connectivity index (χ3n) is 4.02. The third kappa shape index (κ3) is 3.50. The van der Waals surface area contributed by atoms with Gasteiger partial charge in [-0.1, -0.05) is 0 Å². The van der Waals surface area contributed by atoms with Crippen LogP contribution < -0.4 is 9.47 Å². The minimum atomic E-state index is -0.114. The van der Waals surface area contributed by atoms with Crippen molar-refractivity contribution in [1.29, 1.82) is 0 Å². The first-order valence-electron chi connectivity index (χ1n) is 7.96. The number of aromatic nitrogens is 2. The van der Waals surface area contributed by atoms with Crippen LogP contribution in [0.25, 0.3) is 0 Å². The van der Waals surface area contributed by atoms with E-state index in [0.717, 1.165) is 18.6 Å². The van der Waals surface area contributed by atoms with Crippen molar-refractivity contribution in [2.45, 2.75) is 32.8 Å². The van der Waals surface area contributed by atoms with Crippen LogP contribution in [0.1, 0.15) is 34.7 Å². The van der Waals surface area contributed by atoms with Crippen LogP contribution >= 0.6 is 0 Å². The molecule has 1 aliphatic rings. The molecule has 0 aromatic carbocycles. The Balaban J connectivity index is 1.67. The molecule has 1 fully saturated rings. The van der Waals surface area contributed by atoms with Crippen LogP contribution in [0, 0.1) is 13.8 Å². The monoisotopic (exact) mass is 331 g/mol. The molecule has 24 heavy (non-hydrogen) atoms. The molecule has 3 rings (SSSR count). The lowest BCUT2D eigenvalue weighted by Gasteiger charge is -2.32. The van der Waals surface area contributed by atoms with E-state index in [4.69, 9.17) is 13.9 Å². The Labute approximate surface area is 140 Å². The van der Waals surface area contributed by atoms with Gasteiger partial charge in [-0.3, -0.25) is 9.78 Å². The molecule has 2 aromatic rings. The predicted molar refractivity (Wildman–Crippen MR) is 86.3 cm³/mol. The van der Waals surface area contributed by atoms with Gasteiger partial charge < -0.3 is 18.8 Å². The summed E-state index contributed by atoms with van der Waals surface area (Å²) in [5.74, 6) is 2.19. The maximum Gasteiger partial charge on any atom is 0.257 e. The van der Waals surface area contributed by atoms with E-state index in [1.54, 1.807) is 17.2 Å². The van der Waals surface area contributed by atoms with E-state index < -0.39 is 0 Å². The standard InChI is InChI=1S/C17H21N3O4/c1-11-7-14(12(2)23-11)17(21)20-6-4-5-13(10-20)24-16-9-18-8-15(19-16)22-3/h7-9,13H,4-6,10H2,1-3H3. The lowest BCUT2D eigenvalue weighted by molar-refractivity contribution is 0.0523. The highest BCUT2D eigenvalue weighted by molar-refractivity contribution is 5.95.